The minimum atomic E-state index is -0.298. The van der Waals surface area contributed by atoms with Crippen molar-refractivity contribution in [3.05, 3.63) is 99.5 Å². The smallest absolute Gasteiger partial charge is 0.227 e. The number of ether oxygens (including phenoxy) is 2. The quantitative estimate of drug-likeness (QED) is 0.310. The molecule has 170 valence electrons. The molecule has 0 radical (unpaired) electrons. The van der Waals surface area contributed by atoms with E-state index in [1.807, 2.05) is 53.4 Å². The molecule has 0 saturated carbocycles. The Morgan fingerprint density at radius 1 is 1.00 bits per heavy atom. The third-order valence-electron chi connectivity index (χ3n) is 6.15. The van der Waals surface area contributed by atoms with Crippen LogP contribution in [0.25, 0.3) is 5.70 Å². The van der Waals surface area contributed by atoms with Crippen molar-refractivity contribution in [2.24, 2.45) is 0 Å². The van der Waals surface area contributed by atoms with Crippen molar-refractivity contribution in [2.45, 2.75) is 17.3 Å². The number of nitrogens with zero attached hydrogens (tertiary/aromatic N) is 3. The van der Waals surface area contributed by atoms with Gasteiger partial charge in [0.25, 0.3) is 0 Å². The molecule has 0 spiro atoms. The van der Waals surface area contributed by atoms with E-state index in [0.717, 1.165) is 55.0 Å². The largest absolute Gasteiger partial charge is 0.497 e. The lowest BCUT2D eigenvalue weighted by atomic mass is 9.84. The number of para-hydroxylation sites is 1. The van der Waals surface area contributed by atoms with Crippen LogP contribution in [0.5, 0.6) is 11.5 Å². The first-order chi connectivity index (χ1) is 16.7. The van der Waals surface area contributed by atoms with Crippen LogP contribution in [0.4, 0.5) is 5.95 Å². The molecular weight excluding hydrogens is 512 g/mol. The highest BCUT2D eigenvalue weighted by molar-refractivity contribution is 9.10. The number of methoxy groups -OCH3 is 1. The highest BCUT2D eigenvalue weighted by Crippen LogP contribution is 2.51. The fourth-order valence-corrected chi connectivity index (χ4v) is 5.18. The van der Waals surface area contributed by atoms with Crippen molar-refractivity contribution < 1.29 is 9.47 Å². The molecule has 34 heavy (non-hydrogen) atoms. The van der Waals surface area contributed by atoms with Gasteiger partial charge in [0.15, 0.2) is 0 Å². The number of anilines is 1. The van der Waals surface area contributed by atoms with E-state index in [9.17, 15) is 0 Å². The van der Waals surface area contributed by atoms with Gasteiger partial charge in [-0.25, -0.2) is 4.68 Å². The van der Waals surface area contributed by atoms with E-state index in [2.05, 4.69) is 51.6 Å². The van der Waals surface area contributed by atoms with Gasteiger partial charge >= 0.3 is 0 Å². The minimum Gasteiger partial charge on any atom is -0.497 e. The van der Waals surface area contributed by atoms with Crippen molar-refractivity contribution in [1.29, 1.82) is 0 Å². The predicted molar refractivity (Wildman–Crippen MR) is 137 cm³/mol. The lowest BCUT2D eigenvalue weighted by Crippen LogP contribution is -2.32. The van der Waals surface area contributed by atoms with Crippen LogP contribution in [0.1, 0.15) is 28.8 Å². The number of hydrogen-bond donors (Lipinski definition) is 1. The Hall–Kier alpha value is -3.23. The number of nitrogens with one attached hydrogen (secondary N) is 1. The molecule has 0 fully saturated rings. The molecule has 0 saturated heterocycles. The molecular formula is C26H21BrN4O2S. The third kappa shape index (κ3) is 3.49. The Labute approximate surface area is 210 Å². The van der Waals surface area contributed by atoms with Gasteiger partial charge in [0.05, 0.1) is 12.8 Å². The van der Waals surface area contributed by atoms with Gasteiger partial charge in [-0.3, -0.25) is 0 Å². The number of benzene rings is 3. The molecule has 6 nitrogen and oxygen atoms in total. The summed E-state index contributed by atoms with van der Waals surface area (Å²) < 4.78 is 15.1. The molecule has 8 heteroatoms. The van der Waals surface area contributed by atoms with Crippen LogP contribution in [0.3, 0.4) is 0 Å². The number of halogens is 1. The summed E-state index contributed by atoms with van der Waals surface area (Å²) in [6.45, 7) is 0. The molecule has 0 bridgehead atoms. The lowest BCUT2D eigenvalue weighted by Gasteiger charge is -2.39. The van der Waals surface area contributed by atoms with Crippen molar-refractivity contribution in [2.75, 3.05) is 18.7 Å². The van der Waals surface area contributed by atoms with E-state index in [-0.39, 0.29) is 12.1 Å². The van der Waals surface area contributed by atoms with Crippen LogP contribution in [-0.4, -0.2) is 28.1 Å². The molecule has 3 aromatic carbocycles. The second kappa shape index (κ2) is 8.52. The first kappa shape index (κ1) is 21.3. The Balaban J connectivity index is 1.61. The molecule has 1 aromatic heterocycles. The van der Waals surface area contributed by atoms with E-state index in [1.54, 1.807) is 7.11 Å². The van der Waals surface area contributed by atoms with Crippen LogP contribution in [-0.2, 0) is 0 Å². The number of hydrogen-bond acceptors (Lipinski definition) is 6. The summed E-state index contributed by atoms with van der Waals surface area (Å²) in [5.41, 5.74) is 5.28. The molecule has 1 N–H and O–H groups in total. The average molecular weight is 533 g/mol. The first-order valence-corrected chi connectivity index (χ1v) is 12.8. The third-order valence-corrected chi connectivity index (χ3v) is 7.21. The number of rotatable bonds is 4. The van der Waals surface area contributed by atoms with Crippen molar-refractivity contribution in [1.82, 2.24) is 14.8 Å². The van der Waals surface area contributed by atoms with Gasteiger partial charge in [0.1, 0.15) is 23.6 Å². The summed E-state index contributed by atoms with van der Waals surface area (Å²) in [7, 11) is 1.68. The van der Waals surface area contributed by atoms with Crippen LogP contribution >= 0.6 is 27.7 Å². The van der Waals surface area contributed by atoms with E-state index in [1.165, 1.54) is 11.8 Å². The van der Waals surface area contributed by atoms with Gasteiger partial charge < -0.3 is 14.8 Å². The highest BCUT2D eigenvalue weighted by atomic mass is 79.9. The molecule has 0 unspecified atom stereocenters. The first-order valence-electron chi connectivity index (χ1n) is 10.8. The molecule has 2 aliphatic rings. The summed E-state index contributed by atoms with van der Waals surface area (Å²) in [6.07, 6.45) is 1.69. The lowest BCUT2D eigenvalue weighted by molar-refractivity contribution is 0.223. The molecule has 6 rings (SSSR count). The zero-order chi connectivity index (χ0) is 23.2. The molecule has 0 amide bonds. The van der Waals surface area contributed by atoms with Crippen molar-refractivity contribution in [3.63, 3.8) is 0 Å². The monoisotopic (exact) mass is 532 g/mol. The Kier molecular flexibility index (Phi) is 5.34. The van der Waals surface area contributed by atoms with Gasteiger partial charge in [-0.1, -0.05) is 64.1 Å². The van der Waals surface area contributed by atoms with E-state index in [0.29, 0.717) is 0 Å². The van der Waals surface area contributed by atoms with E-state index < -0.39 is 0 Å². The molecule has 2 atom stereocenters. The molecule has 4 aromatic rings. The van der Waals surface area contributed by atoms with Crippen molar-refractivity contribution in [3.8, 4) is 11.5 Å². The normalized spacial score (nSPS) is 18.3. The summed E-state index contributed by atoms with van der Waals surface area (Å²) in [5, 5.41) is 9.14. The standard InChI is InChI=1S/C26H21BrN4O2S/c1-32-18-13-9-15(10-14-18)23-21-22(28-25-29-26(34-2)30-31(23)25)19-5-3-4-6-20(19)33-24(21)16-7-11-17(27)12-8-16/h3-14,23-24H,1-2H3,(H,28,29,30)/t23-,24-/m1/s1. The van der Waals surface area contributed by atoms with Gasteiger partial charge in [-0.05, 0) is 53.8 Å². The summed E-state index contributed by atoms with van der Waals surface area (Å²) in [6, 6.07) is 24.4. The fraction of sp³-hybridized carbons (Fsp3) is 0.154. The predicted octanol–water partition coefficient (Wildman–Crippen LogP) is 6.33. The highest BCUT2D eigenvalue weighted by Gasteiger charge is 2.41. The molecule has 3 heterocycles. The Morgan fingerprint density at radius 3 is 2.47 bits per heavy atom. The van der Waals surface area contributed by atoms with E-state index >= 15 is 0 Å². The SMILES string of the molecule is COc1ccc([C@@H]2C3=C(Nc4nc(SC)nn42)c2ccccc2O[C@@H]3c2ccc(Br)cc2)cc1. The number of thioether (sulfide) groups is 1. The maximum absolute atomic E-state index is 6.67. The van der Waals surface area contributed by atoms with Crippen LogP contribution in [0.15, 0.2) is 88.0 Å². The maximum Gasteiger partial charge on any atom is 0.227 e. The summed E-state index contributed by atoms with van der Waals surface area (Å²) >= 11 is 5.08. The molecule has 0 aliphatic carbocycles. The van der Waals surface area contributed by atoms with Gasteiger partial charge in [0.2, 0.25) is 11.1 Å². The minimum absolute atomic E-state index is 0.201. The van der Waals surface area contributed by atoms with Gasteiger partial charge in [0, 0.05) is 15.6 Å². The Morgan fingerprint density at radius 2 is 1.74 bits per heavy atom. The van der Waals surface area contributed by atoms with Gasteiger partial charge in [-0.2, -0.15) is 4.98 Å². The van der Waals surface area contributed by atoms with Crippen LogP contribution in [0.2, 0.25) is 0 Å². The van der Waals surface area contributed by atoms with Crippen LogP contribution in [0, 0.1) is 0 Å². The summed E-state index contributed by atoms with van der Waals surface area (Å²) in [4.78, 5) is 4.75. The average Bonchev–Trinajstić information content (AvgIpc) is 3.30. The maximum atomic E-state index is 6.67. The van der Waals surface area contributed by atoms with Gasteiger partial charge in [-0.15, -0.1) is 5.10 Å². The second-order valence-electron chi connectivity index (χ2n) is 8.04. The van der Waals surface area contributed by atoms with Crippen molar-refractivity contribution >= 4 is 39.3 Å². The zero-order valence-corrected chi connectivity index (χ0v) is 20.9. The Bertz CT molecular complexity index is 1400. The summed E-state index contributed by atoms with van der Waals surface area (Å²) in [5.74, 6) is 2.37. The topological polar surface area (TPSA) is 61.2 Å². The van der Waals surface area contributed by atoms with Crippen LogP contribution < -0.4 is 14.8 Å². The van der Waals surface area contributed by atoms with E-state index in [4.69, 9.17) is 19.6 Å². The second-order valence-corrected chi connectivity index (χ2v) is 9.73. The number of aromatic nitrogens is 3. The molecule has 2 aliphatic heterocycles. The fourth-order valence-electron chi connectivity index (χ4n) is 4.56. The number of fused-ring (bicyclic) bond motifs is 3. The zero-order valence-electron chi connectivity index (χ0n) is 18.5.